The molecule has 0 spiro atoms. The summed E-state index contributed by atoms with van der Waals surface area (Å²) in [5.41, 5.74) is 1.74. The summed E-state index contributed by atoms with van der Waals surface area (Å²) in [6.45, 7) is 2.05. The zero-order chi connectivity index (χ0) is 14.7. The third-order valence-electron chi connectivity index (χ3n) is 3.28. The van der Waals surface area contributed by atoms with Crippen LogP contribution in [0.3, 0.4) is 0 Å². The first-order valence-electron chi connectivity index (χ1n) is 6.29. The third kappa shape index (κ3) is 2.48. The first-order chi connectivity index (χ1) is 9.58. The van der Waals surface area contributed by atoms with Crippen molar-refractivity contribution in [2.75, 3.05) is 11.9 Å². The maximum absolute atomic E-state index is 14.0. The fourth-order valence-electron chi connectivity index (χ4n) is 1.98. The molecule has 0 aliphatic rings. The van der Waals surface area contributed by atoms with Gasteiger partial charge in [-0.05, 0) is 36.2 Å². The Balaban J connectivity index is 2.40. The number of rotatable bonds is 3. The van der Waals surface area contributed by atoms with Crippen molar-refractivity contribution < 1.29 is 8.78 Å². The summed E-state index contributed by atoms with van der Waals surface area (Å²) in [5, 5.41) is 8.68. The molecule has 0 saturated carbocycles. The molecule has 2 aromatic carbocycles. The summed E-state index contributed by atoms with van der Waals surface area (Å²) in [6.07, 6.45) is 0.920. The van der Waals surface area contributed by atoms with Gasteiger partial charge >= 0.3 is 0 Å². The maximum atomic E-state index is 14.0. The van der Waals surface area contributed by atoms with E-state index >= 15 is 0 Å². The van der Waals surface area contributed by atoms with Gasteiger partial charge in [-0.25, -0.2) is 8.78 Å². The molecule has 0 atom stereocenters. The van der Waals surface area contributed by atoms with E-state index < -0.39 is 11.6 Å². The molecule has 0 unspecified atom stereocenters. The summed E-state index contributed by atoms with van der Waals surface area (Å²) in [5.74, 6) is -2.12. The van der Waals surface area contributed by atoms with Crippen molar-refractivity contribution in [3.8, 4) is 6.07 Å². The fraction of sp³-hybridized carbons (Fsp3) is 0.188. The molecule has 0 radical (unpaired) electrons. The highest BCUT2D eigenvalue weighted by atomic mass is 19.2. The van der Waals surface area contributed by atoms with Crippen LogP contribution >= 0.6 is 0 Å². The van der Waals surface area contributed by atoms with Gasteiger partial charge in [-0.2, -0.15) is 5.26 Å². The predicted octanol–water partition coefficient (Wildman–Crippen LogP) is 4.17. The molecule has 0 bridgehead atoms. The average Bonchev–Trinajstić information content (AvgIpc) is 2.49. The summed E-state index contributed by atoms with van der Waals surface area (Å²) < 4.78 is 27.6. The minimum atomic E-state index is -1.11. The molecule has 0 saturated heterocycles. The molecule has 2 rings (SSSR count). The van der Waals surface area contributed by atoms with Crippen molar-refractivity contribution in [2.45, 2.75) is 13.3 Å². The second-order valence-corrected chi connectivity index (χ2v) is 4.45. The smallest absolute Gasteiger partial charge is 0.183 e. The molecule has 102 valence electrons. The van der Waals surface area contributed by atoms with Crippen molar-refractivity contribution in [1.82, 2.24) is 0 Å². The van der Waals surface area contributed by atoms with Crippen molar-refractivity contribution in [3.05, 3.63) is 59.2 Å². The quantitative estimate of drug-likeness (QED) is 0.838. The van der Waals surface area contributed by atoms with E-state index in [0.717, 1.165) is 12.1 Å². The Kier molecular flexibility index (Phi) is 3.99. The van der Waals surface area contributed by atoms with E-state index in [1.807, 2.05) is 31.2 Å². The first-order valence-corrected chi connectivity index (χ1v) is 6.29. The zero-order valence-electron chi connectivity index (χ0n) is 11.3. The molecule has 0 heterocycles. The summed E-state index contributed by atoms with van der Waals surface area (Å²) in [7, 11) is 1.66. The molecule has 20 heavy (non-hydrogen) atoms. The number of nitriles is 1. The minimum absolute atomic E-state index is 0.103. The fourth-order valence-corrected chi connectivity index (χ4v) is 1.98. The molecule has 2 aromatic rings. The van der Waals surface area contributed by atoms with Crippen LogP contribution in [0.4, 0.5) is 20.2 Å². The van der Waals surface area contributed by atoms with Crippen LogP contribution in [0, 0.1) is 23.0 Å². The van der Waals surface area contributed by atoms with E-state index in [4.69, 9.17) is 5.26 Å². The first kappa shape index (κ1) is 14.0. The molecular formula is C16H14F2N2. The second kappa shape index (κ2) is 5.70. The van der Waals surface area contributed by atoms with Crippen molar-refractivity contribution in [1.29, 1.82) is 5.26 Å². The number of halogens is 2. The highest BCUT2D eigenvalue weighted by Crippen LogP contribution is 2.29. The van der Waals surface area contributed by atoms with Crippen molar-refractivity contribution in [2.24, 2.45) is 0 Å². The molecule has 0 amide bonds. The van der Waals surface area contributed by atoms with E-state index in [9.17, 15) is 8.78 Å². The number of hydrogen-bond acceptors (Lipinski definition) is 2. The lowest BCUT2D eigenvalue weighted by atomic mass is 10.1. The predicted molar refractivity (Wildman–Crippen MR) is 75.0 cm³/mol. The van der Waals surface area contributed by atoms with Gasteiger partial charge in [0, 0.05) is 12.7 Å². The Morgan fingerprint density at radius 2 is 1.70 bits per heavy atom. The van der Waals surface area contributed by atoms with Gasteiger partial charge in [0.25, 0.3) is 0 Å². The number of anilines is 2. The summed E-state index contributed by atoms with van der Waals surface area (Å²) in [6, 6.07) is 11.9. The van der Waals surface area contributed by atoms with Gasteiger partial charge < -0.3 is 4.90 Å². The Morgan fingerprint density at radius 1 is 1.05 bits per heavy atom. The summed E-state index contributed by atoms with van der Waals surface area (Å²) in [4.78, 5) is 1.55. The highest BCUT2D eigenvalue weighted by Gasteiger charge is 2.16. The lowest BCUT2D eigenvalue weighted by Crippen LogP contribution is -2.12. The maximum Gasteiger partial charge on any atom is 0.183 e. The third-order valence-corrected chi connectivity index (χ3v) is 3.28. The van der Waals surface area contributed by atoms with Crippen molar-refractivity contribution in [3.63, 3.8) is 0 Å². The van der Waals surface area contributed by atoms with Gasteiger partial charge in [-0.3, -0.25) is 0 Å². The van der Waals surface area contributed by atoms with Gasteiger partial charge in [0.2, 0.25) is 0 Å². The molecule has 0 aliphatic carbocycles. The van der Waals surface area contributed by atoms with Crippen LogP contribution in [-0.2, 0) is 6.42 Å². The van der Waals surface area contributed by atoms with Crippen molar-refractivity contribution >= 4 is 11.4 Å². The topological polar surface area (TPSA) is 27.0 Å². The monoisotopic (exact) mass is 272 g/mol. The highest BCUT2D eigenvalue weighted by molar-refractivity contribution is 5.64. The Morgan fingerprint density at radius 3 is 2.25 bits per heavy atom. The average molecular weight is 272 g/mol. The van der Waals surface area contributed by atoms with E-state index in [1.165, 1.54) is 17.7 Å². The molecule has 0 aromatic heterocycles. The van der Waals surface area contributed by atoms with Crippen LogP contribution in [-0.4, -0.2) is 7.05 Å². The van der Waals surface area contributed by atoms with Gasteiger partial charge in [0.05, 0.1) is 11.3 Å². The number of benzene rings is 2. The van der Waals surface area contributed by atoms with Crippen LogP contribution in [0.5, 0.6) is 0 Å². The van der Waals surface area contributed by atoms with Gasteiger partial charge in [0.1, 0.15) is 6.07 Å². The van der Waals surface area contributed by atoms with E-state index in [0.29, 0.717) is 0 Å². The number of nitrogens with zero attached hydrogens (tertiary/aromatic N) is 2. The largest absolute Gasteiger partial charge is 0.342 e. The normalized spacial score (nSPS) is 10.2. The Labute approximate surface area is 116 Å². The molecule has 0 aliphatic heterocycles. The molecule has 4 heteroatoms. The molecule has 0 fully saturated rings. The lowest BCUT2D eigenvalue weighted by Gasteiger charge is -2.20. The van der Waals surface area contributed by atoms with E-state index in [-0.39, 0.29) is 11.3 Å². The lowest BCUT2D eigenvalue weighted by molar-refractivity contribution is 0.507. The van der Waals surface area contributed by atoms with Crippen LogP contribution in [0.15, 0.2) is 36.4 Å². The van der Waals surface area contributed by atoms with Crippen LogP contribution in [0.25, 0.3) is 0 Å². The zero-order valence-corrected chi connectivity index (χ0v) is 11.3. The van der Waals surface area contributed by atoms with Crippen LogP contribution in [0.1, 0.15) is 18.1 Å². The van der Waals surface area contributed by atoms with E-state index in [2.05, 4.69) is 0 Å². The molecule has 2 nitrogen and oxygen atoms in total. The number of aryl methyl sites for hydroxylation is 1. The standard InChI is InChI=1S/C16H14F2N2/c1-3-11-4-7-13(8-5-11)20(2)14-9-6-12(10-19)15(17)16(14)18/h4-9H,3H2,1-2H3. The van der Waals surface area contributed by atoms with Gasteiger partial charge in [-0.15, -0.1) is 0 Å². The van der Waals surface area contributed by atoms with Gasteiger partial charge in [-0.1, -0.05) is 19.1 Å². The Hall–Kier alpha value is -2.41. The van der Waals surface area contributed by atoms with Gasteiger partial charge in [0.15, 0.2) is 11.6 Å². The summed E-state index contributed by atoms with van der Waals surface area (Å²) >= 11 is 0. The van der Waals surface area contributed by atoms with Crippen LogP contribution in [0.2, 0.25) is 0 Å². The number of hydrogen-bond donors (Lipinski definition) is 0. The SMILES string of the molecule is CCc1ccc(N(C)c2ccc(C#N)c(F)c2F)cc1. The Bertz CT molecular complexity index is 657. The van der Waals surface area contributed by atoms with Crippen LogP contribution < -0.4 is 4.90 Å². The molecular weight excluding hydrogens is 258 g/mol. The second-order valence-electron chi connectivity index (χ2n) is 4.45. The molecule has 0 N–H and O–H groups in total. The minimum Gasteiger partial charge on any atom is -0.342 e. The van der Waals surface area contributed by atoms with E-state index in [1.54, 1.807) is 18.0 Å².